The molecule has 1 aliphatic rings. The Balaban J connectivity index is 1.82. The Bertz CT molecular complexity index is 127. The first kappa shape index (κ1) is 11.9. The van der Waals surface area contributed by atoms with Crippen LogP contribution in [0, 0.1) is 0 Å². The molecule has 1 rings (SSSR count). The van der Waals surface area contributed by atoms with Crippen molar-refractivity contribution in [2.45, 2.75) is 18.9 Å². The van der Waals surface area contributed by atoms with Gasteiger partial charge in [0, 0.05) is 13.7 Å². The zero-order chi connectivity index (χ0) is 10.1. The van der Waals surface area contributed by atoms with Crippen LogP contribution in [0.4, 0.5) is 0 Å². The zero-order valence-corrected chi connectivity index (χ0v) is 8.96. The van der Waals surface area contributed by atoms with Gasteiger partial charge in [-0.2, -0.15) is 0 Å². The highest BCUT2D eigenvalue weighted by Gasteiger charge is 2.12. The summed E-state index contributed by atoms with van der Waals surface area (Å²) in [7, 11) is 1.67. The van der Waals surface area contributed by atoms with Crippen LogP contribution in [0.5, 0.6) is 0 Å². The first-order chi connectivity index (χ1) is 6.93. The van der Waals surface area contributed by atoms with Crippen molar-refractivity contribution in [3.05, 3.63) is 0 Å². The van der Waals surface area contributed by atoms with Crippen molar-refractivity contribution in [3.63, 3.8) is 0 Å². The predicted molar refractivity (Wildman–Crippen MR) is 54.5 cm³/mol. The van der Waals surface area contributed by atoms with Crippen molar-refractivity contribution in [2.24, 2.45) is 0 Å². The molecule has 0 saturated carbocycles. The highest BCUT2D eigenvalue weighted by molar-refractivity contribution is 4.68. The highest BCUT2D eigenvalue weighted by atomic mass is 16.5. The normalized spacial score (nSPS) is 22.5. The highest BCUT2D eigenvalue weighted by Crippen LogP contribution is 2.05. The van der Waals surface area contributed by atoms with E-state index in [0.29, 0.717) is 32.5 Å². The van der Waals surface area contributed by atoms with Crippen molar-refractivity contribution in [2.75, 3.05) is 46.6 Å². The maximum Gasteiger partial charge on any atom is 0.0704 e. The van der Waals surface area contributed by atoms with Crippen LogP contribution in [0.2, 0.25) is 0 Å². The van der Waals surface area contributed by atoms with E-state index in [1.807, 2.05) is 0 Å². The Kier molecular flexibility index (Phi) is 6.95. The molecule has 1 aliphatic heterocycles. The summed E-state index contributed by atoms with van der Waals surface area (Å²) in [4.78, 5) is 0. The third kappa shape index (κ3) is 5.54. The Morgan fingerprint density at radius 3 is 2.79 bits per heavy atom. The summed E-state index contributed by atoms with van der Waals surface area (Å²) in [6, 6.07) is 0. The van der Waals surface area contributed by atoms with Crippen LogP contribution in [0.1, 0.15) is 12.8 Å². The van der Waals surface area contributed by atoms with Gasteiger partial charge in [0.25, 0.3) is 0 Å². The maximum absolute atomic E-state index is 5.63. The molecule has 84 valence electrons. The third-order valence-corrected chi connectivity index (χ3v) is 2.26. The Labute approximate surface area is 85.9 Å². The van der Waals surface area contributed by atoms with E-state index in [1.54, 1.807) is 7.11 Å². The molecule has 1 atom stereocenters. The quantitative estimate of drug-likeness (QED) is 0.609. The molecular formula is C10H21NO3. The molecule has 14 heavy (non-hydrogen) atoms. The molecule has 4 nitrogen and oxygen atoms in total. The number of methoxy groups -OCH3 is 1. The van der Waals surface area contributed by atoms with Gasteiger partial charge in [0.2, 0.25) is 0 Å². The average molecular weight is 203 g/mol. The van der Waals surface area contributed by atoms with E-state index in [4.69, 9.17) is 14.2 Å². The SMILES string of the molecule is COCCOCCO[C@H]1CCCNC1. The molecule has 0 aromatic carbocycles. The number of nitrogens with one attached hydrogen (secondary N) is 1. The fourth-order valence-electron chi connectivity index (χ4n) is 1.48. The van der Waals surface area contributed by atoms with Gasteiger partial charge in [0.15, 0.2) is 0 Å². The summed E-state index contributed by atoms with van der Waals surface area (Å²) in [5, 5.41) is 3.31. The summed E-state index contributed by atoms with van der Waals surface area (Å²) >= 11 is 0. The number of piperidine rings is 1. The first-order valence-corrected chi connectivity index (χ1v) is 5.32. The van der Waals surface area contributed by atoms with Crippen LogP contribution >= 0.6 is 0 Å². The van der Waals surface area contributed by atoms with E-state index in [-0.39, 0.29) is 0 Å². The molecule has 1 fully saturated rings. The molecule has 0 spiro atoms. The minimum atomic E-state index is 0.384. The Morgan fingerprint density at radius 2 is 2.07 bits per heavy atom. The van der Waals surface area contributed by atoms with Crippen LogP contribution in [0.15, 0.2) is 0 Å². The van der Waals surface area contributed by atoms with Crippen LogP contribution in [0.3, 0.4) is 0 Å². The molecule has 0 bridgehead atoms. The summed E-state index contributed by atoms with van der Waals surface area (Å²) in [5.74, 6) is 0. The number of ether oxygens (including phenoxy) is 3. The van der Waals surface area contributed by atoms with Gasteiger partial charge in [-0.3, -0.25) is 0 Å². The van der Waals surface area contributed by atoms with Crippen molar-refractivity contribution < 1.29 is 14.2 Å². The Morgan fingerprint density at radius 1 is 1.21 bits per heavy atom. The van der Waals surface area contributed by atoms with Crippen molar-refractivity contribution in [3.8, 4) is 0 Å². The summed E-state index contributed by atoms with van der Waals surface area (Å²) < 4.78 is 15.8. The summed E-state index contributed by atoms with van der Waals surface area (Å²) in [5.41, 5.74) is 0. The van der Waals surface area contributed by atoms with Crippen molar-refractivity contribution in [1.29, 1.82) is 0 Å². The molecule has 0 amide bonds. The van der Waals surface area contributed by atoms with Crippen LogP contribution in [-0.2, 0) is 14.2 Å². The van der Waals surface area contributed by atoms with Gasteiger partial charge in [-0.1, -0.05) is 0 Å². The van der Waals surface area contributed by atoms with E-state index in [9.17, 15) is 0 Å². The van der Waals surface area contributed by atoms with Gasteiger partial charge < -0.3 is 19.5 Å². The summed E-state index contributed by atoms with van der Waals surface area (Å²) in [6.45, 7) is 4.78. The minimum absolute atomic E-state index is 0.384. The first-order valence-electron chi connectivity index (χ1n) is 5.32. The van der Waals surface area contributed by atoms with E-state index in [0.717, 1.165) is 13.1 Å². The monoisotopic (exact) mass is 203 g/mol. The fraction of sp³-hybridized carbons (Fsp3) is 1.00. The second kappa shape index (κ2) is 8.17. The summed E-state index contributed by atoms with van der Waals surface area (Å²) in [6.07, 6.45) is 2.77. The lowest BCUT2D eigenvalue weighted by molar-refractivity contribution is -0.0134. The minimum Gasteiger partial charge on any atom is -0.382 e. The number of rotatable bonds is 7. The van der Waals surface area contributed by atoms with Gasteiger partial charge in [0.05, 0.1) is 32.5 Å². The average Bonchev–Trinajstić information content (AvgIpc) is 2.25. The largest absolute Gasteiger partial charge is 0.382 e. The second-order valence-electron chi connectivity index (χ2n) is 3.44. The van der Waals surface area contributed by atoms with E-state index in [2.05, 4.69) is 5.32 Å². The molecule has 1 saturated heterocycles. The number of hydrogen-bond acceptors (Lipinski definition) is 4. The van der Waals surface area contributed by atoms with E-state index >= 15 is 0 Å². The third-order valence-electron chi connectivity index (χ3n) is 2.26. The second-order valence-corrected chi connectivity index (χ2v) is 3.44. The molecular weight excluding hydrogens is 182 g/mol. The molecule has 1 N–H and O–H groups in total. The van der Waals surface area contributed by atoms with Crippen LogP contribution in [0.25, 0.3) is 0 Å². The lowest BCUT2D eigenvalue weighted by Crippen LogP contribution is -2.35. The van der Waals surface area contributed by atoms with Crippen LogP contribution < -0.4 is 5.32 Å². The van der Waals surface area contributed by atoms with Crippen LogP contribution in [-0.4, -0.2) is 52.7 Å². The van der Waals surface area contributed by atoms with E-state index < -0.39 is 0 Å². The fourth-order valence-corrected chi connectivity index (χ4v) is 1.48. The van der Waals surface area contributed by atoms with Crippen molar-refractivity contribution in [1.82, 2.24) is 5.32 Å². The van der Waals surface area contributed by atoms with E-state index in [1.165, 1.54) is 12.8 Å². The Hall–Kier alpha value is -0.160. The standard InChI is InChI=1S/C10H21NO3/c1-12-5-6-13-7-8-14-10-3-2-4-11-9-10/h10-11H,2-9H2,1H3/t10-/m0/s1. The lowest BCUT2D eigenvalue weighted by Gasteiger charge is -2.22. The van der Waals surface area contributed by atoms with Crippen molar-refractivity contribution >= 4 is 0 Å². The number of hydrogen-bond donors (Lipinski definition) is 1. The molecule has 0 unspecified atom stereocenters. The van der Waals surface area contributed by atoms with Gasteiger partial charge in [-0.05, 0) is 19.4 Å². The predicted octanol–water partition coefficient (Wildman–Crippen LogP) is 0.418. The van der Waals surface area contributed by atoms with Gasteiger partial charge in [-0.15, -0.1) is 0 Å². The van der Waals surface area contributed by atoms with Gasteiger partial charge in [-0.25, -0.2) is 0 Å². The molecule has 0 radical (unpaired) electrons. The molecule has 1 heterocycles. The molecule has 0 aromatic heterocycles. The lowest BCUT2D eigenvalue weighted by atomic mass is 10.1. The molecule has 0 aliphatic carbocycles. The van der Waals surface area contributed by atoms with Gasteiger partial charge in [0.1, 0.15) is 0 Å². The topological polar surface area (TPSA) is 39.7 Å². The molecule has 0 aromatic rings. The maximum atomic E-state index is 5.63. The zero-order valence-electron chi connectivity index (χ0n) is 8.96. The smallest absolute Gasteiger partial charge is 0.0704 e. The molecule has 4 heteroatoms. The van der Waals surface area contributed by atoms with Gasteiger partial charge >= 0.3 is 0 Å².